The summed E-state index contributed by atoms with van der Waals surface area (Å²) in [5.74, 6) is -0.955. The van der Waals surface area contributed by atoms with Crippen LogP contribution < -0.4 is 16.2 Å². The van der Waals surface area contributed by atoms with Crippen molar-refractivity contribution in [1.82, 2.24) is 25.5 Å². The molecule has 1 aromatic rings. The Labute approximate surface area is 156 Å². The molecule has 1 aliphatic heterocycles. The van der Waals surface area contributed by atoms with E-state index in [0.29, 0.717) is 32.6 Å². The molecule has 0 radical (unpaired) electrons. The highest BCUT2D eigenvalue weighted by Crippen LogP contribution is 2.26. The maximum Gasteiger partial charge on any atom is 0.271 e. The first kappa shape index (κ1) is 19.5. The highest BCUT2D eigenvalue weighted by atomic mass is 16.5. The van der Waals surface area contributed by atoms with Gasteiger partial charge in [-0.3, -0.25) is 19.3 Å². The van der Waals surface area contributed by atoms with Gasteiger partial charge in [-0.05, 0) is 12.8 Å². The van der Waals surface area contributed by atoms with E-state index in [0.717, 1.165) is 25.8 Å². The molecular formula is C17H25N5O5. The summed E-state index contributed by atoms with van der Waals surface area (Å²) in [6, 6.07) is -0.527. The van der Waals surface area contributed by atoms with Gasteiger partial charge in [0.2, 0.25) is 5.91 Å². The van der Waals surface area contributed by atoms with E-state index in [4.69, 9.17) is 4.74 Å². The number of aromatic amines is 1. The van der Waals surface area contributed by atoms with Gasteiger partial charge in [-0.1, -0.05) is 0 Å². The standard InChI is InChI=1S/C17H25N5O5/c23-14-8-11(16(25)18-1-2-22-3-5-27-6-4-22)7-12(14)21-17(26)13-9-20-15(24)10-19-13/h9-12,14,23H,1-8H2,(H,18,25)(H,20,24)(H,21,26)/t11-,12-,14-/m0/s1. The fourth-order valence-electron chi connectivity index (χ4n) is 3.40. The van der Waals surface area contributed by atoms with Gasteiger partial charge in [0, 0.05) is 38.3 Å². The fourth-order valence-corrected chi connectivity index (χ4v) is 3.40. The van der Waals surface area contributed by atoms with Crippen LogP contribution in [0.3, 0.4) is 0 Å². The molecule has 1 saturated heterocycles. The summed E-state index contributed by atoms with van der Waals surface area (Å²) in [5, 5.41) is 15.8. The van der Waals surface area contributed by atoms with E-state index in [2.05, 4.69) is 25.5 Å². The first-order valence-electron chi connectivity index (χ1n) is 9.14. The van der Waals surface area contributed by atoms with E-state index in [1.807, 2.05) is 0 Å². The van der Waals surface area contributed by atoms with Crippen LogP contribution in [0.1, 0.15) is 23.3 Å². The summed E-state index contributed by atoms with van der Waals surface area (Å²) >= 11 is 0. The van der Waals surface area contributed by atoms with E-state index in [1.165, 1.54) is 6.20 Å². The summed E-state index contributed by atoms with van der Waals surface area (Å²) in [6.07, 6.45) is 2.10. The third kappa shape index (κ3) is 5.34. The zero-order valence-electron chi connectivity index (χ0n) is 15.0. The Kier molecular flexibility index (Phi) is 6.54. The van der Waals surface area contributed by atoms with Crippen LogP contribution in [0.15, 0.2) is 17.2 Å². The lowest BCUT2D eigenvalue weighted by Crippen LogP contribution is -2.42. The van der Waals surface area contributed by atoms with E-state index in [9.17, 15) is 19.5 Å². The summed E-state index contributed by atoms with van der Waals surface area (Å²) in [6.45, 7) is 4.48. The average molecular weight is 379 g/mol. The average Bonchev–Trinajstić information content (AvgIpc) is 3.03. The van der Waals surface area contributed by atoms with Gasteiger partial charge in [-0.25, -0.2) is 4.98 Å². The van der Waals surface area contributed by atoms with Crippen molar-refractivity contribution in [3.63, 3.8) is 0 Å². The molecule has 2 aliphatic rings. The number of rotatable bonds is 6. The zero-order chi connectivity index (χ0) is 19.2. The Morgan fingerprint density at radius 3 is 2.81 bits per heavy atom. The van der Waals surface area contributed by atoms with E-state index >= 15 is 0 Å². The second-order valence-corrected chi connectivity index (χ2v) is 6.86. The molecule has 2 heterocycles. The third-order valence-electron chi connectivity index (χ3n) is 4.95. The van der Waals surface area contributed by atoms with Gasteiger partial charge in [0.15, 0.2) is 0 Å². The smallest absolute Gasteiger partial charge is 0.271 e. The van der Waals surface area contributed by atoms with E-state index < -0.39 is 23.6 Å². The Bertz CT molecular complexity index is 697. The molecule has 0 bridgehead atoms. The van der Waals surface area contributed by atoms with Crippen molar-refractivity contribution in [2.75, 3.05) is 39.4 Å². The quantitative estimate of drug-likeness (QED) is 0.453. The van der Waals surface area contributed by atoms with Crippen molar-refractivity contribution in [1.29, 1.82) is 0 Å². The van der Waals surface area contributed by atoms with Crippen LogP contribution in [0.25, 0.3) is 0 Å². The molecule has 2 fully saturated rings. The number of aliphatic hydroxyl groups is 1. The summed E-state index contributed by atoms with van der Waals surface area (Å²) < 4.78 is 5.29. The minimum absolute atomic E-state index is 0.0558. The van der Waals surface area contributed by atoms with Crippen molar-refractivity contribution >= 4 is 11.8 Å². The zero-order valence-corrected chi connectivity index (χ0v) is 15.0. The lowest BCUT2D eigenvalue weighted by atomic mass is 10.1. The number of nitrogens with one attached hydrogen (secondary N) is 3. The fraction of sp³-hybridized carbons (Fsp3) is 0.647. The number of aromatic nitrogens is 2. The molecule has 1 saturated carbocycles. The Hall–Kier alpha value is -2.30. The second kappa shape index (κ2) is 9.07. The summed E-state index contributed by atoms with van der Waals surface area (Å²) in [7, 11) is 0. The second-order valence-electron chi connectivity index (χ2n) is 6.86. The van der Waals surface area contributed by atoms with Gasteiger partial charge in [0.05, 0.1) is 31.6 Å². The predicted molar refractivity (Wildman–Crippen MR) is 95.1 cm³/mol. The van der Waals surface area contributed by atoms with Gasteiger partial charge in [0.1, 0.15) is 5.69 Å². The number of H-pyrrole nitrogens is 1. The molecule has 2 amide bonds. The van der Waals surface area contributed by atoms with Crippen LogP contribution in [-0.2, 0) is 9.53 Å². The van der Waals surface area contributed by atoms with Crippen LogP contribution in [0.5, 0.6) is 0 Å². The van der Waals surface area contributed by atoms with Gasteiger partial charge in [-0.2, -0.15) is 0 Å². The normalized spacial score (nSPS) is 25.9. The van der Waals surface area contributed by atoms with Gasteiger partial charge >= 0.3 is 0 Å². The molecule has 10 nitrogen and oxygen atoms in total. The van der Waals surface area contributed by atoms with Crippen molar-refractivity contribution in [3.05, 3.63) is 28.4 Å². The molecule has 10 heteroatoms. The molecular weight excluding hydrogens is 354 g/mol. The number of amides is 2. The SMILES string of the molecule is O=C(N[C@H]1C[C@H](C(=O)NCCN2CCOCC2)C[C@@H]1O)c1c[nH]c(=O)cn1. The van der Waals surface area contributed by atoms with Gasteiger partial charge in [-0.15, -0.1) is 0 Å². The number of carbonyl (C=O) groups is 2. The minimum Gasteiger partial charge on any atom is -0.391 e. The van der Waals surface area contributed by atoms with Crippen molar-refractivity contribution < 1.29 is 19.4 Å². The first-order chi connectivity index (χ1) is 13.0. The number of ether oxygens (including phenoxy) is 1. The minimum atomic E-state index is -0.799. The summed E-state index contributed by atoms with van der Waals surface area (Å²) in [4.78, 5) is 43.9. The molecule has 4 N–H and O–H groups in total. The number of hydrogen-bond acceptors (Lipinski definition) is 7. The van der Waals surface area contributed by atoms with Crippen molar-refractivity contribution in [3.8, 4) is 0 Å². The number of nitrogens with zero attached hydrogens (tertiary/aromatic N) is 2. The van der Waals surface area contributed by atoms with E-state index in [-0.39, 0.29) is 17.5 Å². The van der Waals surface area contributed by atoms with Crippen LogP contribution in [0, 0.1) is 5.92 Å². The van der Waals surface area contributed by atoms with Crippen LogP contribution >= 0.6 is 0 Å². The lowest BCUT2D eigenvalue weighted by Gasteiger charge is -2.26. The molecule has 3 rings (SSSR count). The molecule has 27 heavy (non-hydrogen) atoms. The third-order valence-corrected chi connectivity index (χ3v) is 4.95. The molecule has 3 atom stereocenters. The maximum atomic E-state index is 12.3. The molecule has 1 aliphatic carbocycles. The maximum absolute atomic E-state index is 12.3. The molecule has 1 aromatic heterocycles. The molecule has 148 valence electrons. The Morgan fingerprint density at radius 1 is 1.33 bits per heavy atom. The van der Waals surface area contributed by atoms with Crippen molar-refractivity contribution in [2.45, 2.75) is 25.0 Å². The Morgan fingerprint density at radius 2 is 2.11 bits per heavy atom. The lowest BCUT2D eigenvalue weighted by molar-refractivity contribution is -0.125. The van der Waals surface area contributed by atoms with Crippen LogP contribution in [0.2, 0.25) is 0 Å². The number of aliphatic hydroxyl groups excluding tert-OH is 1. The van der Waals surface area contributed by atoms with Gasteiger partial charge in [0.25, 0.3) is 11.5 Å². The molecule has 0 spiro atoms. The number of hydrogen-bond donors (Lipinski definition) is 4. The van der Waals surface area contributed by atoms with Crippen molar-refractivity contribution in [2.24, 2.45) is 5.92 Å². The monoisotopic (exact) mass is 379 g/mol. The topological polar surface area (TPSA) is 137 Å². The largest absolute Gasteiger partial charge is 0.391 e. The highest BCUT2D eigenvalue weighted by molar-refractivity contribution is 5.92. The van der Waals surface area contributed by atoms with Crippen LogP contribution in [0.4, 0.5) is 0 Å². The molecule has 0 aromatic carbocycles. The van der Waals surface area contributed by atoms with Crippen LogP contribution in [-0.4, -0.2) is 83.3 Å². The first-order valence-corrected chi connectivity index (χ1v) is 9.14. The predicted octanol–water partition coefficient (Wildman–Crippen LogP) is -1.91. The highest BCUT2D eigenvalue weighted by Gasteiger charge is 2.37. The van der Waals surface area contributed by atoms with E-state index in [1.54, 1.807) is 0 Å². The Balaban J connectivity index is 1.44. The summed E-state index contributed by atoms with van der Waals surface area (Å²) in [5.41, 5.74) is -0.346. The van der Waals surface area contributed by atoms with Gasteiger partial charge < -0.3 is 25.5 Å². The number of carbonyl (C=O) groups excluding carboxylic acids is 2. The number of morpholine rings is 1. The molecule has 0 unspecified atom stereocenters.